The molecule has 4 nitrogen and oxygen atoms in total. The van der Waals surface area contributed by atoms with E-state index in [9.17, 15) is 4.79 Å². The predicted octanol–water partition coefficient (Wildman–Crippen LogP) is 2.23. The topological polar surface area (TPSA) is 65.2 Å². The molecule has 0 bridgehead atoms. The van der Waals surface area contributed by atoms with Crippen LogP contribution in [0.3, 0.4) is 0 Å². The van der Waals surface area contributed by atoms with E-state index in [-0.39, 0.29) is 0 Å². The van der Waals surface area contributed by atoms with E-state index in [4.69, 9.17) is 5.73 Å². The quantitative estimate of drug-likeness (QED) is 0.638. The molecule has 1 aromatic heterocycles. The van der Waals surface area contributed by atoms with Gasteiger partial charge in [0.05, 0.1) is 12.8 Å². The van der Waals surface area contributed by atoms with Crippen molar-refractivity contribution in [3.8, 4) is 23.1 Å². The van der Waals surface area contributed by atoms with Gasteiger partial charge in [-0.3, -0.25) is 0 Å². The number of anilines is 1. The van der Waals surface area contributed by atoms with Gasteiger partial charge < -0.3 is 10.5 Å². The van der Waals surface area contributed by atoms with Gasteiger partial charge in [-0.05, 0) is 19.1 Å². The number of nitrogens with two attached hydrogens (primary N) is 1. The highest BCUT2D eigenvalue weighted by molar-refractivity contribution is 7.15. The van der Waals surface area contributed by atoms with Crippen molar-refractivity contribution in [1.29, 1.82) is 0 Å². The van der Waals surface area contributed by atoms with Crippen LogP contribution in [0.4, 0.5) is 5.13 Å². The van der Waals surface area contributed by atoms with Gasteiger partial charge in [0, 0.05) is 21.9 Å². The molecule has 0 aliphatic rings. The minimum absolute atomic E-state index is 0.549. The molecule has 2 aromatic rings. The molecule has 0 radical (unpaired) electrons. The summed E-state index contributed by atoms with van der Waals surface area (Å²) in [5.74, 6) is 4.56. The van der Waals surface area contributed by atoms with E-state index in [2.05, 4.69) is 21.6 Å². The number of aryl methyl sites for hydroxylation is 1. The van der Waals surface area contributed by atoms with E-state index in [1.807, 2.05) is 31.2 Å². The summed E-state index contributed by atoms with van der Waals surface area (Å²) in [4.78, 5) is 16.3. The van der Waals surface area contributed by atoms with Crippen molar-refractivity contribution < 1.29 is 9.53 Å². The van der Waals surface area contributed by atoms with Gasteiger partial charge in [-0.25, -0.2) is 9.78 Å². The van der Waals surface area contributed by atoms with Crippen LogP contribution in [0.15, 0.2) is 24.3 Å². The molecule has 2 rings (SSSR count). The van der Waals surface area contributed by atoms with Gasteiger partial charge in [-0.2, -0.15) is 0 Å². The van der Waals surface area contributed by atoms with Crippen LogP contribution >= 0.6 is 11.3 Å². The summed E-state index contributed by atoms with van der Waals surface area (Å²) in [6, 6.07) is 7.48. The number of nitrogens with zero attached hydrogens (tertiary/aromatic N) is 1. The first-order chi connectivity index (χ1) is 9.10. The highest BCUT2D eigenvalue weighted by Gasteiger charge is 2.07. The molecule has 0 fully saturated rings. The van der Waals surface area contributed by atoms with Crippen molar-refractivity contribution in [2.75, 3.05) is 12.8 Å². The summed E-state index contributed by atoms with van der Waals surface area (Å²) >= 11 is 1.46. The number of rotatable bonds is 1. The first kappa shape index (κ1) is 13.1. The Bertz CT molecular complexity index is 663. The van der Waals surface area contributed by atoms with Gasteiger partial charge in [0.15, 0.2) is 5.13 Å². The molecule has 0 unspecified atom stereocenters. The second kappa shape index (κ2) is 5.55. The zero-order valence-corrected chi connectivity index (χ0v) is 11.4. The molecular formula is C14H12N2O2S. The first-order valence-corrected chi connectivity index (χ1v) is 6.35. The van der Waals surface area contributed by atoms with Crippen molar-refractivity contribution >= 4 is 22.4 Å². The number of hydrogen-bond acceptors (Lipinski definition) is 5. The summed E-state index contributed by atoms with van der Waals surface area (Å²) in [6.07, 6.45) is 0. The zero-order valence-electron chi connectivity index (χ0n) is 10.6. The van der Waals surface area contributed by atoms with Gasteiger partial charge in [0.25, 0.3) is 0 Å². The molecule has 0 atom stereocenters. The number of benzene rings is 1. The number of thiazole rings is 1. The average molecular weight is 272 g/mol. The number of aromatic nitrogens is 1. The molecule has 19 heavy (non-hydrogen) atoms. The van der Waals surface area contributed by atoms with Crippen LogP contribution in [-0.4, -0.2) is 18.1 Å². The Kier molecular flexibility index (Phi) is 3.83. The summed E-state index contributed by atoms with van der Waals surface area (Å²) in [5.41, 5.74) is 8.29. The molecule has 1 heterocycles. The molecule has 0 amide bonds. The van der Waals surface area contributed by atoms with Crippen molar-refractivity contribution in [1.82, 2.24) is 4.98 Å². The molecular weight excluding hydrogens is 260 g/mol. The van der Waals surface area contributed by atoms with E-state index in [0.29, 0.717) is 5.13 Å². The molecule has 0 aliphatic carbocycles. The van der Waals surface area contributed by atoms with E-state index in [0.717, 1.165) is 21.7 Å². The van der Waals surface area contributed by atoms with Gasteiger partial charge in [-0.1, -0.05) is 18.1 Å². The third-order valence-electron chi connectivity index (χ3n) is 2.47. The van der Waals surface area contributed by atoms with Crippen molar-refractivity contribution in [2.24, 2.45) is 0 Å². The van der Waals surface area contributed by atoms with E-state index >= 15 is 0 Å². The number of esters is 1. The zero-order chi connectivity index (χ0) is 13.8. The lowest BCUT2D eigenvalue weighted by Crippen LogP contribution is -1.94. The fourth-order valence-corrected chi connectivity index (χ4v) is 2.28. The normalized spacial score (nSPS) is 9.58. The van der Waals surface area contributed by atoms with Crippen LogP contribution in [-0.2, 0) is 9.53 Å². The number of hydrogen-bond donors (Lipinski definition) is 1. The number of ether oxygens (including phenoxy) is 1. The lowest BCUT2D eigenvalue weighted by atomic mass is 10.1. The van der Waals surface area contributed by atoms with E-state index < -0.39 is 5.97 Å². The predicted molar refractivity (Wildman–Crippen MR) is 75.6 cm³/mol. The Morgan fingerprint density at radius 2 is 2.05 bits per heavy atom. The van der Waals surface area contributed by atoms with Crippen LogP contribution in [0.25, 0.3) is 11.3 Å². The van der Waals surface area contributed by atoms with Crippen molar-refractivity contribution in [3.63, 3.8) is 0 Å². The first-order valence-electron chi connectivity index (χ1n) is 5.53. The SMILES string of the molecule is COC(=O)C#Cc1ccc(-c2nc(N)sc2C)cc1. The van der Waals surface area contributed by atoms with Gasteiger partial charge in [0.1, 0.15) is 0 Å². The highest BCUT2D eigenvalue weighted by atomic mass is 32.1. The number of nitrogen functional groups attached to an aromatic ring is 1. The van der Waals surface area contributed by atoms with E-state index in [1.54, 1.807) is 0 Å². The highest BCUT2D eigenvalue weighted by Crippen LogP contribution is 2.28. The maximum Gasteiger partial charge on any atom is 0.384 e. The molecule has 0 saturated heterocycles. The molecule has 5 heteroatoms. The Morgan fingerprint density at radius 1 is 1.37 bits per heavy atom. The Balaban J connectivity index is 2.25. The summed E-state index contributed by atoms with van der Waals surface area (Å²) < 4.78 is 4.45. The largest absolute Gasteiger partial charge is 0.459 e. The number of carbonyl (C=O) groups is 1. The maximum atomic E-state index is 10.9. The minimum atomic E-state index is -0.549. The molecule has 2 N–H and O–H groups in total. The second-order valence-corrected chi connectivity index (χ2v) is 5.01. The molecule has 1 aromatic carbocycles. The summed E-state index contributed by atoms with van der Waals surface area (Å²) in [5, 5.41) is 0.557. The standard InChI is InChI=1S/C14H12N2O2S/c1-9-13(16-14(15)19-9)11-6-3-10(4-7-11)5-8-12(17)18-2/h3-4,6-7H,1-2H3,(H2,15,16). The molecule has 0 spiro atoms. The fraction of sp³-hybridized carbons (Fsp3) is 0.143. The van der Waals surface area contributed by atoms with Crippen LogP contribution in [0, 0.1) is 18.8 Å². The summed E-state index contributed by atoms with van der Waals surface area (Å²) in [7, 11) is 1.30. The molecule has 0 aliphatic heterocycles. The smallest absolute Gasteiger partial charge is 0.384 e. The van der Waals surface area contributed by atoms with Gasteiger partial charge >= 0.3 is 5.97 Å². The monoisotopic (exact) mass is 272 g/mol. The van der Waals surface area contributed by atoms with Gasteiger partial charge in [0.2, 0.25) is 0 Å². The maximum absolute atomic E-state index is 10.9. The Labute approximate surface area is 115 Å². The third kappa shape index (κ3) is 3.12. The average Bonchev–Trinajstić information content (AvgIpc) is 2.75. The number of carbonyl (C=O) groups excluding carboxylic acids is 1. The minimum Gasteiger partial charge on any atom is -0.459 e. The number of methoxy groups -OCH3 is 1. The van der Waals surface area contributed by atoms with Crippen LogP contribution in [0.1, 0.15) is 10.4 Å². The Morgan fingerprint density at radius 3 is 2.58 bits per heavy atom. The lowest BCUT2D eigenvalue weighted by molar-refractivity contribution is -0.133. The molecule has 0 saturated carbocycles. The molecule has 96 valence electrons. The van der Waals surface area contributed by atoms with Gasteiger partial charge in [-0.15, -0.1) is 11.3 Å². The second-order valence-electron chi connectivity index (χ2n) is 3.78. The van der Waals surface area contributed by atoms with Crippen molar-refractivity contribution in [3.05, 3.63) is 34.7 Å². The lowest BCUT2D eigenvalue weighted by Gasteiger charge is -1.98. The Hall–Kier alpha value is -2.32. The van der Waals surface area contributed by atoms with Crippen LogP contribution < -0.4 is 5.73 Å². The fourth-order valence-electron chi connectivity index (χ4n) is 1.57. The summed E-state index contributed by atoms with van der Waals surface area (Å²) in [6.45, 7) is 1.98. The van der Waals surface area contributed by atoms with Crippen LogP contribution in [0.2, 0.25) is 0 Å². The third-order valence-corrected chi connectivity index (χ3v) is 3.27. The van der Waals surface area contributed by atoms with E-state index in [1.165, 1.54) is 18.4 Å². The van der Waals surface area contributed by atoms with Crippen molar-refractivity contribution in [2.45, 2.75) is 6.92 Å². The van der Waals surface area contributed by atoms with Crippen LogP contribution in [0.5, 0.6) is 0 Å².